The third-order valence-electron chi connectivity index (χ3n) is 1.46. The van der Waals surface area contributed by atoms with Crippen molar-refractivity contribution in [2.75, 3.05) is 13.1 Å². The highest BCUT2D eigenvalue weighted by Gasteiger charge is 2.32. The zero-order chi connectivity index (χ0) is 6.85. The lowest BCUT2D eigenvalue weighted by molar-refractivity contribution is -0.142. The Morgan fingerprint density at radius 1 is 1.60 bits per heavy atom. The molecule has 2 N–H and O–H groups in total. The van der Waals surface area contributed by atoms with Gasteiger partial charge in [-0.2, -0.15) is 0 Å². The van der Waals surface area contributed by atoms with Gasteiger partial charge in [0.25, 0.3) is 0 Å². The van der Waals surface area contributed by atoms with Gasteiger partial charge in [-0.15, -0.1) is 12.4 Å². The van der Waals surface area contributed by atoms with Crippen molar-refractivity contribution in [3.8, 4) is 0 Å². The van der Waals surface area contributed by atoms with Crippen molar-refractivity contribution in [2.45, 2.75) is 6.17 Å². The largest absolute Gasteiger partial charge is 0.481 e. The number of alkyl halides is 1. The second-order valence-electron chi connectivity index (χ2n) is 2.12. The highest BCUT2D eigenvalue weighted by atomic mass is 35.5. The summed E-state index contributed by atoms with van der Waals surface area (Å²) in [6, 6.07) is 0. The fourth-order valence-corrected chi connectivity index (χ4v) is 0.889. The van der Waals surface area contributed by atoms with Gasteiger partial charge in [0.05, 0.1) is 0 Å². The van der Waals surface area contributed by atoms with Gasteiger partial charge in [0.2, 0.25) is 0 Å². The molecule has 0 radical (unpaired) electrons. The maximum absolute atomic E-state index is 12.4. The Bertz CT molecular complexity index is 133. The summed E-state index contributed by atoms with van der Waals surface area (Å²) in [7, 11) is 0. The molecule has 3 nitrogen and oxygen atoms in total. The van der Waals surface area contributed by atoms with Crippen LogP contribution in [0.25, 0.3) is 0 Å². The van der Waals surface area contributed by atoms with E-state index in [1.165, 1.54) is 0 Å². The number of carbonyl (C=O) groups is 1. The molecule has 0 amide bonds. The van der Waals surface area contributed by atoms with Crippen LogP contribution in [-0.4, -0.2) is 30.3 Å². The molecular weight excluding hydrogens is 161 g/mol. The van der Waals surface area contributed by atoms with Crippen molar-refractivity contribution in [3.63, 3.8) is 0 Å². The Kier molecular flexibility index (Phi) is 3.60. The number of hydrogen-bond acceptors (Lipinski definition) is 2. The van der Waals surface area contributed by atoms with Crippen molar-refractivity contribution in [3.05, 3.63) is 0 Å². The van der Waals surface area contributed by atoms with E-state index in [1.807, 2.05) is 0 Å². The highest BCUT2D eigenvalue weighted by molar-refractivity contribution is 5.85. The zero-order valence-corrected chi connectivity index (χ0v) is 6.03. The van der Waals surface area contributed by atoms with Crippen LogP contribution < -0.4 is 5.32 Å². The molecule has 1 rings (SSSR count). The minimum atomic E-state index is -1.21. The molecule has 0 aromatic rings. The van der Waals surface area contributed by atoms with E-state index in [0.717, 1.165) is 0 Å². The molecule has 0 saturated carbocycles. The van der Waals surface area contributed by atoms with Crippen LogP contribution in [0.1, 0.15) is 0 Å². The summed E-state index contributed by atoms with van der Waals surface area (Å²) >= 11 is 0. The van der Waals surface area contributed by atoms with Crippen LogP contribution in [0.2, 0.25) is 0 Å². The summed E-state index contributed by atoms with van der Waals surface area (Å²) in [6.07, 6.45) is -1.21. The topological polar surface area (TPSA) is 49.3 Å². The Morgan fingerprint density at radius 3 is 2.40 bits per heavy atom. The lowest BCUT2D eigenvalue weighted by Crippen LogP contribution is -2.22. The van der Waals surface area contributed by atoms with Crippen LogP contribution in [0.3, 0.4) is 0 Å². The fraction of sp³-hybridized carbons (Fsp3) is 0.800. The van der Waals surface area contributed by atoms with E-state index in [0.29, 0.717) is 0 Å². The number of hydrogen-bond donors (Lipinski definition) is 2. The SMILES string of the molecule is Cl.O=C(O)C1CNCC1F. The summed E-state index contributed by atoms with van der Waals surface area (Å²) < 4.78 is 12.4. The van der Waals surface area contributed by atoms with E-state index in [-0.39, 0.29) is 25.5 Å². The van der Waals surface area contributed by atoms with Crippen LogP contribution in [0.5, 0.6) is 0 Å². The molecule has 0 aliphatic carbocycles. The number of nitrogens with one attached hydrogen (secondary N) is 1. The van der Waals surface area contributed by atoms with Gasteiger partial charge in [-0.1, -0.05) is 0 Å². The lowest BCUT2D eigenvalue weighted by atomic mass is 10.1. The molecule has 0 aromatic carbocycles. The number of carboxylic acid groups (broad SMARTS) is 1. The lowest BCUT2D eigenvalue weighted by Gasteiger charge is -2.02. The van der Waals surface area contributed by atoms with Crippen molar-refractivity contribution >= 4 is 18.4 Å². The smallest absolute Gasteiger partial charge is 0.310 e. The second kappa shape index (κ2) is 3.73. The highest BCUT2D eigenvalue weighted by Crippen LogP contribution is 2.11. The maximum Gasteiger partial charge on any atom is 0.310 e. The molecule has 5 heteroatoms. The summed E-state index contributed by atoms with van der Waals surface area (Å²) in [4.78, 5) is 10.1. The van der Waals surface area contributed by atoms with E-state index in [9.17, 15) is 9.18 Å². The Balaban J connectivity index is 0.000000810. The van der Waals surface area contributed by atoms with Gasteiger partial charge >= 0.3 is 5.97 Å². The third kappa shape index (κ3) is 1.82. The monoisotopic (exact) mass is 169 g/mol. The van der Waals surface area contributed by atoms with Crippen LogP contribution in [0, 0.1) is 5.92 Å². The standard InChI is InChI=1S/C5H8FNO2.ClH/c6-4-2-7-1-3(4)5(8)9;/h3-4,7H,1-2H2,(H,8,9);1H. The van der Waals surface area contributed by atoms with Crippen molar-refractivity contribution < 1.29 is 14.3 Å². The summed E-state index contributed by atoms with van der Waals surface area (Å²) in [5.41, 5.74) is 0. The average molecular weight is 170 g/mol. The van der Waals surface area contributed by atoms with Gasteiger partial charge < -0.3 is 10.4 Å². The predicted octanol–water partition coefficient (Wildman–Crippen LogP) is 0.0503. The normalized spacial score (nSPS) is 31.3. The van der Waals surface area contributed by atoms with Gasteiger partial charge in [0.1, 0.15) is 12.1 Å². The summed E-state index contributed by atoms with van der Waals surface area (Å²) in [6.45, 7) is 0.438. The van der Waals surface area contributed by atoms with E-state index >= 15 is 0 Å². The molecule has 1 aliphatic heterocycles. The molecule has 1 saturated heterocycles. The van der Waals surface area contributed by atoms with E-state index < -0.39 is 18.1 Å². The molecule has 1 fully saturated rings. The minimum Gasteiger partial charge on any atom is -0.481 e. The number of rotatable bonds is 1. The Hall–Kier alpha value is -0.350. The first-order valence-electron chi connectivity index (χ1n) is 2.79. The average Bonchev–Trinajstić information content (AvgIpc) is 2.13. The minimum absolute atomic E-state index is 0. The van der Waals surface area contributed by atoms with Crippen LogP contribution in [0.4, 0.5) is 4.39 Å². The van der Waals surface area contributed by atoms with E-state index in [1.54, 1.807) is 0 Å². The summed E-state index contributed by atoms with van der Waals surface area (Å²) in [5.74, 6) is -1.88. The Morgan fingerprint density at radius 2 is 2.20 bits per heavy atom. The molecular formula is C5H9ClFNO2. The molecule has 0 spiro atoms. The van der Waals surface area contributed by atoms with Gasteiger partial charge in [-0.3, -0.25) is 4.79 Å². The van der Waals surface area contributed by atoms with E-state index in [4.69, 9.17) is 5.11 Å². The van der Waals surface area contributed by atoms with E-state index in [2.05, 4.69) is 5.32 Å². The first-order chi connectivity index (χ1) is 4.22. The van der Waals surface area contributed by atoms with Gasteiger partial charge in [-0.05, 0) is 0 Å². The molecule has 1 aliphatic rings. The molecule has 2 atom stereocenters. The van der Waals surface area contributed by atoms with Crippen LogP contribution in [-0.2, 0) is 4.79 Å². The first-order valence-corrected chi connectivity index (χ1v) is 2.79. The third-order valence-corrected chi connectivity index (χ3v) is 1.46. The van der Waals surface area contributed by atoms with Crippen molar-refractivity contribution in [2.24, 2.45) is 5.92 Å². The molecule has 10 heavy (non-hydrogen) atoms. The molecule has 1 heterocycles. The second-order valence-corrected chi connectivity index (χ2v) is 2.12. The fourth-order valence-electron chi connectivity index (χ4n) is 0.889. The molecule has 0 aromatic heterocycles. The maximum atomic E-state index is 12.4. The molecule has 60 valence electrons. The predicted molar refractivity (Wildman–Crippen MR) is 36.1 cm³/mol. The van der Waals surface area contributed by atoms with Crippen LogP contribution >= 0.6 is 12.4 Å². The first kappa shape index (κ1) is 9.65. The van der Waals surface area contributed by atoms with Gasteiger partial charge in [0, 0.05) is 13.1 Å². The number of carboxylic acids is 1. The van der Waals surface area contributed by atoms with Crippen molar-refractivity contribution in [1.82, 2.24) is 5.32 Å². The van der Waals surface area contributed by atoms with Crippen molar-refractivity contribution in [1.29, 1.82) is 0 Å². The molecule has 0 bridgehead atoms. The zero-order valence-electron chi connectivity index (χ0n) is 5.21. The number of halogens is 2. The number of aliphatic carboxylic acids is 1. The molecule has 2 unspecified atom stereocenters. The van der Waals surface area contributed by atoms with Crippen LogP contribution in [0.15, 0.2) is 0 Å². The van der Waals surface area contributed by atoms with Gasteiger partial charge in [0.15, 0.2) is 0 Å². The Labute approximate surface area is 64.0 Å². The van der Waals surface area contributed by atoms with Gasteiger partial charge in [-0.25, -0.2) is 4.39 Å². The summed E-state index contributed by atoms with van der Waals surface area (Å²) in [5, 5.41) is 11.0. The quantitative estimate of drug-likeness (QED) is 0.583.